The number of nitrogens with one attached hydrogen (secondary N) is 1. The van der Waals surface area contributed by atoms with E-state index < -0.39 is 0 Å². The van der Waals surface area contributed by atoms with Gasteiger partial charge in [-0.2, -0.15) is 0 Å². The lowest BCUT2D eigenvalue weighted by Crippen LogP contribution is -2.53. The summed E-state index contributed by atoms with van der Waals surface area (Å²) in [6, 6.07) is 0.708. The molecule has 21 heavy (non-hydrogen) atoms. The highest BCUT2D eigenvalue weighted by Gasteiger charge is 2.34. The van der Waals surface area contributed by atoms with Crippen LogP contribution < -0.4 is 10.2 Å². The third-order valence-electron chi connectivity index (χ3n) is 4.38. The molecule has 1 N–H and O–H groups in total. The number of aromatic nitrogens is 2. The molecule has 0 atom stereocenters. The van der Waals surface area contributed by atoms with Crippen LogP contribution in [0.3, 0.4) is 0 Å². The summed E-state index contributed by atoms with van der Waals surface area (Å²) in [6.45, 7) is 7.81. The largest absolute Gasteiger partial charge is 0.377 e. The summed E-state index contributed by atoms with van der Waals surface area (Å²) in [6.07, 6.45) is 4.75. The van der Waals surface area contributed by atoms with Crippen LogP contribution in [0.5, 0.6) is 0 Å². The number of hydrogen-bond acceptors (Lipinski definition) is 5. The number of nitrogens with zero attached hydrogens (tertiary/aromatic N) is 3. The summed E-state index contributed by atoms with van der Waals surface area (Å²) >= 11 is 1.70. The van der Waals surface area contributed by atoms with Gasteiger partial charge in [-0.25, -0.2) is 4.98 Å². The zero-order chi connectivity index (χ0) is 14.4. The van der Waals surface area contributed by atoms with Gasteiger partial charge in [-0.15, -0.1) is 11.3 Å². The maximum absolute atomic E-state index is 5.65. The first kappa shape index (κ1) is 13.5. The van der Waals surface area contributed by atoms with E-state index in [2.05, 4.69) is 40.0 Å². The fourth-order valence-electron chi connectivity index (χ4n) is 2.98. The Kier molecular flexibility index (Phi) is 3.20. The number of thiazole rings is 1. The van der Waals surface area contributed by atoms with Gasteiger partial charge in [-0.1, -0.05) is 0 Å². The maximum Gasteiger partial charge on any atom is 0.195 e. The quantitative estimate of drug-likeness (QED) is 0.941. The third kappa shape index (κ3) is 2.45. The molecular weight excluding hydrogens is 284 g/mol. The Morgan fingerprint density at radius 3 is 3.10 bits per heavy atom. The second-order valence-corrected chi connectivity index (χ2v) is 7.48. The van der Waals surface area contributed by atoms with Crippen molar-refractivity contribution < 1.29 is 4.74 Å². The first-order chi connectivity index (χ1) is 10.1. The molecule has 0 amide bonds. The van der Waals surface area contributed by atoms with Crippen molar-refractivity contribution in [2.75, 3.05) is 24.7 Å². The zero-order valence-electron chi connectivity index (χ0n) is 12.6. The van der Waals surface area contributed by atoms with E-state index in [0.29, 0.717) is 6.04 Å². The van der Waals surface area contributed by atoms with Crippen molar-refractivity contribution >= 4 is 22.1 Å². The number of imidazole rings is 1. The average Bonchev–Trinajstić information content (AvgIpc) is 3.05. The van der Waals surface area contributed by atoms with Gasteiger partial charge < -0.3 is 15.0 Å². The van der Waals surface area contributed by atoms with Crippen molar-refractivity contribution in [2.45, 2.75) is 44.8 Å². The fraction of sp³-hybridized carbons (Fsp3) is 0.667. The molecule has 2 aromatic heterocycles. The van der Waals surface area contributed by atoms with Crippen LogP contribution in [0.1, 0.15) is 32.4 Å². The Bertz CT molecular complexity index is 643. The molecule has 0 bridgehead atoms. The number of fused-ring (bicyclic) bond motifs is 1. The highest BCUT2D eigenvalue weighted by Crippen LogP contribution is 2.32. The number of hydrogen-bond donors (Lipinski definition) is 1. The van der Waals surface area contributed by atoms with Crippen LogP contribution in [0.4, 0.5) is 5.82 Å². The summed E-state index contributed by atoms with van der Waals surface area (Å²) in [5.41, 5.74) is 1.28. The van der Waals surface area contributed by atoms with Crippen molar-refractivity contribution in [1.82, 2.24) is 14.7 Å². The van der Waals surface area contributed by atoms with E-state index in [1.807, 2.05) is 0 Å². The fourth-order valence-corrected chi connectivity index (χ4v) is 3.71. The monoisotopic (exact) mass is 306 g/mol. The Labute approximate surface area is 128 Å². The van der Waals surface area contributed by atoms with E-state index >= 15 is 0 Å². The molecule has 6 heteroatoms. The van der Waals surface area contributed by atoms with Gasteiger partial charge >= 0.3 is 0 Å². The lowest BCUT2D eigenvalue weighted by molar-refractivity contribution is 0.0638. The van der Waals surface area contributed by atoms with Crippen LogP contribution in [0, 0.1) is 0 Å². The van der Waals surface area contributed by atoms with E-state index in [1.165, 1.54) is 18.5 Å². The maximum atomic E-state index is 5.65. The number of anilines is 1. The van der Waals surface area contributed by atoms with Crippen molar-refractivity contribution in [3.05, 3.63) is 17.3 Å². The molecule has 0 radical (unpaired) electrons. The predicted molar refractivity (Wildman–Crippen MR) is 85.2 cm³/mol. The van der Waals surface area contributed by atoms with Crippen LogP contribution in [0.15, 0.2) is 11.6 Å². The van der Waals surface area contributed by atoms with E-state index in [1.54, 1.807) is 11.3 Å². The summed E-state index contributed by atoms with van der Waals surface area (Å²) in [5.74, 6) is 1.13. The molecule has 114 valence electrons. The van der Waals surface area contributed by atoms with E-state index in [-0.39, 0.29) is 5.54 Å². The minimum atomic E-state index is -0.00336. The van der Waals surface area contributed by atoms with Crippen LogP contribution >= 0.6 is 11.3 Å². The lowest BCUT2D eigenvalue weighted by Gasteiger charge is -2.42. The lowest BCUT2D eigenvalue weighted by atomic mass is 10.0. The summed E-state index contributed by atoms with van der Waals surface area (Å²) in [5, 5.41) is 5.74. The van der Waals surface area contributed by atoms with Crippen LogP contribution in [0.25, 0.3) is 4.96 Å². The molecule has 0 spiro atoms. The second kappa shape index (κ2) is 4.97. The smallest absolute Gasteiger partial charge is 0.195 e. The van der Waals surface area contributed by atoms with E-state index in [4.69, 9.17) is 9.72 Å². The van der Waals surface area contributed by atoms with Gasteiger partial charge in [0, 0.05) is 30.7 Å². The SMILES string of the molecule is CC1(C)COCCN1c1nc2sccn2c1CNC1CC1. The first-order valence-electron chi connectivity index (χ1n) is 7.68. The Morgan fingerprint density at radius 1 is 1.48 bits per heavy atom. The van der Waals surface area contributed by atoms with Gasteiger partial charge in [0.25, 0.3) is 0 Å². The highest BCUT2D eigenvalue weighted by molar-refractivity contribution is 7.15. The average molecular weight is 306 g/mol. The predicted octanol–water partition coefficient (Wildman–Crippen LogP) is 2.26. The van der Waals surface area contributed by atoms with Crippen molar-refractivity contribution in [3.63, 3.8) is 0 Å². The molecule has 3 heterocycles. The Balaban J connectivity index is 1.71. The number of rotatable bonds is 4. The van der Waals surface area contributed by atoms with Gasteiger partial charge in [0.15, 0.2) is 10.8 Å². The molecule has 4 rings (SSSR count). The van der Waals surface area contributed by atoms with Gasteiger partial charge in [-0.3, -0.25) is 4.40 Å². The molecule has 0 unspecified atom stereocenters. The Morgan fingerprint density at radius 2 is 2.33 bits per heavy atom. The normalized spacial score (nSPS) is 22.1. The highest BCUT2D eigenvalue weighted by atomic mass is 32.1. The van der Waals surface area contributed by atoms with Crippen molar-refractivity contribution in [3.8, 4) is 0 Å². The number of morpholine rings is 1. The van der Waals surface area contributed by atoms with Crippen LogP contribution in [-0.4, -0.2) is 40.7 Å². The molecule has 0 aromatic carbocycles. The molecule has 1 saturated heterocycles. The van der Waals surface area contributed by atoms with Crippen LogP contribution in [-0.2, 0) is 11.3 Å². The minimum Gasteiger partial charge on any atom is -0.377 e. The summed E-state index contributed by atoms with van der Waals surface area (Å²) in [4.78, 5) is 8.40. The standard InChI is InChI=1S/C15H22N4OS/c1-15(2)10-20-7-5-19(15)13-12(9-16-11-3-4-11)18-6-8-21-14(18)17-13/h6,8,11,16H,3-5,7,9-10H2,1-2H3. The first-order valence-corrected chi connectivity index (χ1v) is 8.56. The number of ether oxygens (including phenoxy) is 1. The summed E-state index contributed by atoms with van der Waals surface area (Å²) < 4.78 is 7.89. The van der Waals surface area contributed by atoms with Crippen molar-refractivity contribution in [2.24, 2.45) is 0 Å². The molecule has 5 nitrogen and oxygen atoms in total. The molecule has 1 aliphatic carbocycles. The summed E-state index contributed by atoms with van der Waals surface area (Å²) in [7, 11) is 0. The molecule has 1 aliphatic heterocycles. The molecule has 2 aromatic rings. The molecule has 1 saturated carbocycles. The van der Waals surface area contributed by atoms with Gasteiger partial charge in [0.05, 0.1) is 24.4 Å². The third-order valence-corrected chi connectivity index (χ3v) is 5.13. The topological polar surface area (TPSA) is 41.8 Å². The zero-order valence-corrected chi connectivity index (χ0v) is 13.4. The van der Waals surface area contributed by atoms with Crippen molar-refractivity contribution in [1.29, 1.82) is 0 Å². The Hall–Kier alpha value is -1.11. The van der Waals surface area contributed by atoms with Gasteiger partial charge in [-0.05, 0) is 26.7 Å². The molecule has 2 aliphatic rings. The second-order valence-electron chi connectivity index (χ2n) is 6.61. The van der Waals surface area contributed by atoms with Gasteiger partial charge in [0.2, 0.25) is 0 Å². The molecular formula is C15H22N4OS. The van der Waals surface area contributed by atoms with Gasteiger partial charge in [0.1, 0.15) is 0 Å². The molecule has 2 fully saturated rings. The van der Waals surface area contributed by atoms with E-state index in [9.17, 15) is 0 Å². The minimum absolute atomic E-state index is 0.00336. The van der Waals surface area contributed by atoms with E-state index in [0.717, 1.165) is 37.1 Å². The van der Waals surface area contributed by atoms with Crippen LogP contribution in [0.2, 0.25) is 0 Å².